The molecule has 0 fully saturated rings. The summed E-state index contributed by atoms with van der Waals surface area (Å²) in [5.41, 5.74) is 3.78. The van der Waals surface area contributed by atoms with Crippen LogP contribution in [0.25, 0.3) is 0 Å². The lowest BCUT2D eigenvalue weighted by Gasteiger charge is -2.02. The molecule has 0 aliphatic heterocycles. The van der Waals surface area contributed by atoms with Crippen LogP contribution in [0.1, 0.15) is 65.7 Å². The molecule has 0 aromatic carbocycles. The molecule has 0 radical (unpaired) electrons. The number of esters is 1. The molecule has 2 nitrogen and oxygen atoms in total. The van der Waals surface area contributed by atoms with E-state index >= 15 is 0 Å². The van der Waals surface area contributed by atoms with Gasteiger partial charge in [-0.05, 0) is 32.3 Å². The van der Waals surface area contributed by atoms with E-state index in [1.54, 1.807) is 0 Å². The van der Waals surface area contributed by atoms with E-state index in [2.05, 4.69) is 19.6 Å². The molecule has 0 unspecified atom stereocenters. The highest BCUT2D eigenvalue weighted by atomic mass is 16.5. The van der Waals surface area contributed by atoms with Gasteiger partial charge in [0.1, 0.15) is 0 Å². The molecule has 0 aromatic heterocycles. The first-order valence-electron chi connectivity index (χ1n) is 6.87. The summed E-state index contributed by atoms with van der Waals surface area (Å²) in [7, 11) is 0. The maximum Gasteiger partial charge on any atom is 0.341 e. The summed E-state index contributed by atoms with van der Waals surface area (Å²) in [4.78, 5) is 11.6. The first kappa shape index (κ1) is 16.0. The van der Waals surface area contributed by atoms with Gasteiger partial charge in [-0.1, -0.05) is 39.5 Å². The van der Waals surface area contributed by atoms with E-state index in [0.29, 0.717) is 12.2 Å². The van der Waals surface area contributed by atoms with E-state index in [4.69, 9.17) is 4.74 Å². The molecule has 0 saturated heterocycles. The Morgan fingerprint density at radius 3 is 2.47 bits per heavy atom. The van der Waals surface area contributed by atoms with Crippen molar-refractivity contribution in [1.29, 1.82) is 0 Å². The Morgan fingerprint density at radius 1 is 1.12 bits per heavy atom. The number of hydrogen-bond donors (Lipinski definition) is 0. The normalized spacial score (nSPS) is 9.59. The van der Waals surface area contributed by atoms with Gasteiger partial charge in [0.15, 0.2) is 0 Å². The van der Waals surface area contributed by atoms with E-state index in [1.165, 1.54) is 25.7 Å². The number of unbranched alkanes of at least 4 members (excludes halogenated alkanes) is 4. The molecule has 0 saturated carbocycles. The average Bonchev–Trinajstić information content (AvgIpc) is 2.32. The van der Waals surface area contributed by atoms with Crippen LogP contribution < -0.4 is 0 Å². The Bertz CT molecular complexity index is 260. The molecule has 0 amide bonds. The van der Waals surface area contributed by atoms with E-state index in [9.17, 15) is 4.79 Å². The minimum Gasteiger partial charge on any atom is -0.462 e. The molecule has 0 aromatic rings. The molecular formula is C15H26O2. The molecule has 0 heterocycles. The second-order valence-electron chi connectivity index (χ2n) is 4.15. The Kier molecular flexibility index (Phi) is 10.8. The summed E-state index contributed by atoms with van der Waals surface area (Å²) in [6.07, 6.45) is 9.68. The Hall–Kier alpha value is -1.01. The molecule has 17 heavy (non-hydrogen) atoms. The minimum atomic E-state index is -0.209. The van der Waals surface area contributed by atoms with Crippen molar-refractivity contribution in [2.45, 2.75) is 65.7 Å². The fourth-order valence-electron chi connectivity index (χ4n) is 1.57. The van der Waals surface area contributed by atoms with Crippen LogP contribution in [-0.4, -0.2) is 12.6 Å². The van der Waals surface area contributed by atoms with Gasteiger partial charge >= 0.3 is 5.97 Å². The van der Waals surface area contributed by atoms with Crippen LogP contribution >= 0.6 is 0 Å². The standard InChI is InChI=1S/C15H26O2/c1-4-7-8-9-10-11-13-14(12-5-2)15(16)17-6-3/h11H,4-10,12H2,1-3H3. The second-order valence-corrected chi connectivity index (χ2v) is 4.15. The van der Waals surface area contributed by atoms with Gasteiger partial charge in [-0.25, -0.2) is 4.79 Å². The summed E-state index contributed by atoms with van der Waals surface area (Å²) < 4.78 is 4.99. The quantitative estimate of drug-likeness (QED) is 0.257. The predicted octanol–water partition coefficient (Wildman–Crippen LogP) is 4.40. The first-order valence-corrected chi connectivity index (χ1v) is 6.87. The number of ether oxygens (including phenoxy) is 1. The van der Waals surface area contributed by atoms with Crippen LogP contribution in [0.5, 0.6) is 0 Å². The Morgan fingerprint density at radius 2 is 1.88 bits per heavy atom. The summed E-state index contributed by atoms with van der Waals surface area (Å²) in [6, 6.07) is 0. The van der Waals surface area contributed by atoms with Crippen molar-refractivity contribution in [2.75, 3.05) is 6.61 Å². The maximum absolute atomic E-state index is 11.6. The van der Waals surface area contributed by atoms with Crippen molar-refractivity contribution < 1.29 is 9.53 Å². The highest BCUT2D eigenvalue weighted by molar-refractivity contribution is 5.88. The third-order valence-electron chi connectivity index (χ3n) is 2.50. The highest BCUT2D eigenvalue weighted by Gasteiger charge is 2.07. The van der Waals surface area contributed by atoms with E-state index in [0.717, 1.165) is 19.3 Å². The van der Waals surface area contributed by atoms with E-state index < -0.39 is 0 Å². The van der Waals surface area contributed by atoms with Gasteiger partial charge < -0.3 is 4.74 Å². The van der Waals surface area contributed by atoms with Crippen molar-refractivity contribution in [1.82, 2.24) is 0 Å². The summed E-state index contributed by atoms with van der Waals surface area (Å²) in [5.74, 6) is -0.209. The van der Waals surface area contributed by atoms with Crippen LogP contribution in [0.3, 0.4) is 0 Å². The second kappa shape index (κ2) is 11.5. The van der Waals surface area contributed by atoms with Gasteiger partial charge in [0.25, 0.3) is 0 Å². The zero-order chi connectivity index (χ0) is 12.9. The smallest absolute Gasteiger partial charge is 0.341 e. The number of rotatable bonds is 9. The van der Waals surface area contributed by atoms with Crippen molar-refractivity contribution >= 4 is 5.97 Å². The first-order chi connectivity index (χ1) is 8.26. The predicted molar refractivity (Wildman–Crippen MR) is 71.9 cm³/mol. The molecule has 0 spiro atoms. The third kappa shape index (κ3) is 8.76. The average molecular weight is 238 g/mol. The number of carbonyl (C=O) groups excluding carboxylic acids is 1. The summed E-state index contributed by atoms with van der Waals surface area (Å²) in [6.45, 7) is 6.53. The molecule has 0 bridgehead atoms. The molecular weight excluding hydrogens is 212 g/mol. The third-order valence-corrected chi connectivity index (χ3v) is 2.50. The van der Waals surface area contributed by atoms with Crippen molar-refractivity contribution in [3.05, 3.63) is 17.4 Å². The van der Waals surface area contributed by atoms with Crippen molar-refractivity contribution in [3.63, 3.8) is 0 Å². The molecule has 0 atom stereocenters. The summed E-state index contributed by atoms with van der Waals surface area (Å²) in [5, 5.41) is 0. The van der Waals surface area contributed by atoms with Crippen LogP contribution in [-0.2, 0) is 9.53 Å². The Balaban J connectivity index is 4.17. The Labute approximate surface area is 106 Å². The SMILES string of the molecule is CCCCCCC=C=C(CCC)C(=O)OCC. The summed E-state index contributed by atoms with van der Waals surface area (Å²) >= 11 is 0. The van der Waals surface area contributed by atoms with Crippen molar-refractivity contribution in [3.8, 4) is 0 Å². The van der Waals surface area contributed by atoms with E-state index in [1.807, 2.05) is 13.0 Å². The largest absolute Gasteiger partial charge is 0.462 e. The lowest BCUT2D eigenvalue weighted by Crippen LogP contribution is -2.06. The van der Waals surface area contributed by atoms with Gasteiger partial charge in [-0.2, -0.15) is 0 Å². The molecule has 2 heteroatoms. The highest BCUT2D eigenvalue weighted by Crippen LogP contribution is 2.07. The van der Waals surface area contributed by atoms with Crippen molar-refractivity contribution in [2.24, 2.45) is 0 Å². The molecule has 0 rings (SSSR count). The maximum atomic E-state index is 11.6. The fraction of sp³-hybridized carbons (Fsp3) is 0.733. The van der Waals surface area contributed by atoms with Gasteiger partial charge in [0, 0.05) is 0 Å². The zero-order valence-corrected chi connectivity index (χ0v) is 11.6. The lowest BCUT2D eigenvalue weighted by atomic mass is 10.1. The monoisotopic (exact) mass is 238 g/mol. The topological polar surface area (TPSA) is 26.3 Å². The van der Waals surface area contributed by atoms with Gasteiger partial charge in [0.2, 0.25) is 0 Å². The molecule has 0 aliphatic carbocycles. The molecule has 0 aliphatic rings. The molecule has 0 N–H and O–H groups in total. The van der Waals surface area contributed by atoms with Crippen LogP contribution in [0, 0.1) is 0 Å². The van der Waals surface area contributed by atoms with Crippen LogP contribution in [0.15, 0.2) is 17.4 Å². The number of carbonyl (C=O) groups is 1. The minimum absolute atomic E-state index is 0.209. The van der Waals surface area contributed by atoms with Gasteiger partial charge in [0.05, 0.1) is 12.2 Å². The fourth-order valence-corrected chi connectivity index (χ4v) is 1.57. The van der Waals surface area contributed by atoms with Gasteiger partial charge in [-0.15, -0.1) is 5.73 Å². The number of hydrogen-bond acceptors (Lipinski definition) is 2. The zero-order valence-electron chi connectivity index (χ0n) is 11.6. The van der Waals surface area contributed by atoms with Gasteiger partial charge in [-0.3, -0.25) is 0 Å². The van der Waals surface area contributed by atoms with E-state index in [-0.39, 0.29) is 5.97 Å². The lowest BCUT2D eigenvalue weighted by molar-refractivity contribution is -0.138. The van der Waals surface area contributed by atoms with Crippen LogP contribution in [0.2, 0.25) is 0 Å². The van der Waals surface area contributed by atoms with Crippen LogP contribution in [0.4, 0.5) is 0 Å². The molecule has 98 valence electrons.